The van der Waals surface area contributed by atoms with Crippen molar-refractivity contribution in [3.05, 3.63) is 51.8 Å². The number of aryl methyl sites for hydroxylation is 1. The fourth-order valence-corrected chi connectivity index (χ4v) is 3.58. The van der Waals surface area contributed by atoms with Gasteiger partial charge in [-0.25, -0.2) is 0 Å². The van der Waals surface area contributed by atoms with E-state index in [1.165, 1.54) is 11.1 Å². The van der Waals surface area contributed by atoms with Crippen molar-refractivity contribution in [1.29, 1.82) is 0 Å². The first-order chi connectivity index (χ1) is 13.8. The van der Waals surface area contributed by atoms with Crippen LogP contribution in [0.25, 0.3) is 0 Å². The van der Waals surface area contributed by atoms with E-state index in [4.69, 9.17) is 16.3 Å². The molecule has 0 spiro atoms. The second-order valence-electron chi connectivity index (χ2n) is 8.12. The van der Waals surface area contributed by atoms with Crippen molar-refractivity contribution in [3.63, 3.8) is 0 Å². The minimum absolute atomic E-state index is 0.0547. The Morgan fingerprint density at radius 1 is 1.28 bits per heavy atom. The molecule has 0 saturated carbocycles. The van der Waals surface area contributed by atoms with E-state index in [1.54, 1.807) is 14.2 Å². The smallest absolute Gasteiger partial charge is 0.191 e. The zero-order chi connectivity index (χ0) is 21.4. The lowest BCUT2D eigenvalue weighted by atomic mass is 9.86. The Hall–Kier alpha value is -2.05. The van der Waals surface area contributed by atoms with Gasteiger partial charge in [0, 0.05) is 43.5 Å². The lowest BCUT2D eigenvalue weighted by molar-refractivity contribution is 0.182. The van der Waals surface area contributed by atoms with Gasteiger partial charge >= 0.3 is 0 Å². The number of rotatable bonds is 9. The molecule has 7 heteroatoms. The van der Waals surface area contributed by atoms with Crippen LogP contribution in [0.1, 0.15) is 36.4 Å². The third-order valence-corrected chi connectivity index (χ3v) is 5.24. The number of hydrogen-bond acceptors (Lipinski definition) is 3. The predicted molar refractivity (Wildman–Crippen MR) is 121 cm³/mol. The average Bonchev–Trinajstić information content (AvgIpc) is 2.93. The van der Waals surface area contributed by atoms with Crippen LogP contribution in [0.4, 0.5) is 0 Å². The molecule has 0 aliphatic carbocycles. The van der Waals surface area contributed by atoms with Crippen molar-refractivity contribution in [3.8, 4) is 0 Å². The molecule has 29 heavy (non-hydrogen) atoms. The van der Waals surface area contributed by atoms with E-state index in [2.05, 4.69) is 47.6 Å². The molecule has 0 aliphatic rings. The Labute approximate surface area is 179 Å². The Morgan fingerprint density at radius 2 is 2.03 bits per heavy atom. The molecule has 0 bridgehead atoms. The molecule has 0 fully saturated rings. The standard InChI is InChI=1S/C22H34ClN5O/c1-16-20(17(2)28(27-16)10-11-29-6)14-25-21(24-5)26-15-22(3,4)13-18-8-7-9-19(23)12-18/h7-9,12H,10-11,13-15H2,1-6H3,(H2,24,25,26). The number of aromatic nitrogens is 2. The van der Waals surface area contributed by atoms with E-state index in [-0.39, 0.29) is 5.41 Å². The quantitative estimate of drug-likeness (QED) is 0.480. The van der Waals surface area contributed by atoms with Gasteiger partial charge in [0.2, 0.25) is 0 Å². The summed E-state index contributed by atoms with van der Waals surface area (Å²) in [5.41, 5.74) is 4.68. The topological polar surface area (TPSA) is 63.5 Å². The summed E-state index contributed by atoms with van der Waals surface area (Å²) >= 11 is 6.12. The number of ether oxygens (including phenoxy) is 1. The van der Waals surface area contributed by atoms with Crippen molar-refractivity contribution in [1.82, 2.24) is 20.4 Å². The summed E-state index contributed by atoms with van der Waals surface area (Å²) < 4.78 is 7.17. The Balaban J connectivity index is 1.91. The summed E-state index contributed by atoms with van der Waals surface area (Å²) in [4.78, 5) is 4.37. The SMILES string of the molecule is CN=C(NCc1c(C)nn(CCOC)c1C)NCC(C)(C)Cc1cccc(Cl)c1. The zero-order valence-electron chi connectivity index (χ0n) is 18.5. The molecular formula is C22H34ClN5O. The number of hydrogen-bond donors (Lipinski definition) is 2. The number of aliphatic imine (C=N–C) groups is 1. The largest absolute Gasteiger partial charge is 0.383 e. The third-order valence-electron chi connectivity index (χ3n) is 5.00. The lowest BCUT2D eigenvalue weighted by Gasteiger charge is -2.26. The van der Waals surface area contributed by atoms with E-state index in [9.17, 15) is 0 Å². The molecule has 0 radical (unpaired) electrons. The van der Waals surface area contributed by atoms with Crippen LogP contribution in [0, 0.1) is 19.3 Å². The van der Waals surface area contributed by atoms with Crippen LogP contribution in [0.15, 0.2) is 29.3 Å². The molecule has 2 rings (SSSR count). The summed E-state index contributed by atoms with van der Waals surface area (Å²) in [6.45, 7) is 11.5. The normalized spacial score (nSPS) is 12.3. The molecule has 160 valence electrons. The van der Waals surface area contributed by atoms with Gasteiger partial charge < -0.3 is 15.4 Å². The number of nitrogens with zero attached hydrogens (tertiary/aromatic N) is 3. The van der Waals surface area contributed by atoms with E-state index in [0.717, 1.165) is 41.9 Å². The van der Waals surface area contributed by atoms with Crippen molar-refractivity contribution in [2.45, 2.75) is 47.2 Å². The maximum absolute atomic E-state index is 6.12. The summed E-state index contributed by atoms with van der Waals surface area (Å²) in [7, 11) is 3.50. The molecule has 1 heterocycles. The van der Waals surface area contributed by atoms with E-state index < -0.39 is 0 Å². The molecule has 1 aromatic carbocycles. The van der Waals surface area contributed by atoms with Gasteiger partial charge in [-0.3, -0.25) is 9.67 Å². The van der Waals surface area contributed by atoms with Crippen LogP contribution in [-0.4, -0.2) is 43.0 Å². The van der Waals surface area contributed by atoms with Crippen LogP contribution in [0.5, 0.6) is 0 Å². The molecule has 0 aliphatic heterocycles. The molecule has 0 unspecified atom stereocenters. The fraction of sp³-hybridized carbons (Fsp3) is 0.545. The van der Waals surface area contributed by atoms with E-state index >= 15 is 0 Å². The number of methoxy groups -OCH3 is 1. The molecule has 6 nitrogen and oxygen atoms in total. The van der Waals surface area contributed by atoms with Crippen molar-refractivity contribution in [2.75, 3.05) is 27.3 Å². The van der Waals surface area contributed by atoms with Crippen molar-refractivity contribution >= 4 is 17.6 Å². The number of nitrogens with one attached hydrogen (secondary N) is 2. The highest BCUT2D eigenvalue weighted by Gasteiger charge is 2.19. The maximum Gasteiger partial charge on any atom is 0.191 e. The Morgan fingerprint density at radius 3 is 2.69 bits per heavy atom. The summed E-state index contributed by atoms with van der Waals surface area (Å²) in [6, 6.07) is 8.05. The summed E-state index contributed by atoms with van der Waals surface area (Å²) in [5.74, 6) is 0.785. The fourth-order valence-electron chi connectivity index (χ4n) is 3.36. The minimum Gasteiger partial charge on any atom is -0.383 e. The lowest BCUT2D eigenvalue weighted by Crippen LogP contribution is -2.42. The molecule has 2 aromatic rings. The van der Waals surface area contributed by atoms with Crippen LogP contribution < -0.4 is 10.6 Å². The first-order valence-electron chi connectivity index (χ1n) is 9.96. The first kappa shape index (κ1) is 23.2. The van der Waals surface area contributed by atoms with Crippen molar-refractivity contribution < 1.29 is 4.74 Å². The second kappa shape index (κ2) is 10.6. The number of halogens is 1. The monoisotopic (exact) mass is 419 g/mol. The molecular weight excluding hydrogens is 386 g/mol. The number of benzene rings is 1. The first-order valence-corrected chi connectivity index (χ1v) is 10.3. The van der Waals surface area contributed by atoms with Gasteiger partial charge in [0.05, 0.1) is 18.8 Å². The van der Waals surface area contributed by atoms with Crippen molar-refractivity contribution in [2.24, 2.45) is 10.4 Å². The minimum atomic E-state index is 0.0547. The maximum atomic E-state index is 6.12. The van der Waals surface area contributed by atoms with Crippen LogP contribution >= 0.6 is 11.6 Å². The van der Waals surface area contributed by atoms with Gasteiger partial charge in [0.15, 0.2) is 5.96 Å². The highest BCUT2D eigenvalue weighted by molar-refractivity contribution is 6.30. The Bertz CT molecular complexity index is 829. The van der Waals surface area contributed by atoms with Crippen LogP contribution in [0.2, 0.25) is 5.02 Å². The van der Waals surface area contributed by atoms with Gasteiger partial charge in [-0.05, 0) is 43.4 Å². The highest BCUT2D eigenvalue weighted by Crippen LogP contribution is 2.22. The second-order valence-corrected chi connectivity index (χ2v) is 8.55. The summed E-state index contributed by atoms with van der Waals surface area (Å²) in [6.07, 6.45) is 0.933. The van der Waals surface area contributed by atoms with Gasteiger partial charge in [-0.1, -0.05) is 37.6 Å². The van der Waals surface area contributed by atoms with Crippen LogP contribution in [0.3, 0.4) is 0 Å². The molecule has 0 saturated heterocycles. The Kier molecular flexibility index (Phi) is 8.53. The zero-order valence-corrected chi connectivity index (χ0v) is 19.2. The highest BCUT2D eigenvalue weighted by atomic mass is 35.5. The van der Waals surface area contributed by atoms with E-state index in [1.807, 2.05) is 29.8 Å². The average molecular weight is 420 g/mol. The molecule has 0 amide bonds. The van der Waals surface area contributed by atoms with Gasteiger partial charge in [0.1, 0.15) is 0 Å². The van der Waals surface area contributed by atoms with Gasteiger partial charge in [-0.2, -0.15) is 5.10 Å². The number of guanidine groups is 1. The molecule has 0 atom stereocenters. The van der Waals surface area contributed by atoms with Crippen LogP contribution in [-0.2, 0) is 24.2 Å². The third kappa shape index (κ3) is 7.05. The predicted octanol–water partition coefficient (Wildman–Crippen LogP) is 3.73. The van der Waals surface area contributed by atoms with E-state index in [0.29, 0.717) is 13.2 Å². The molecule has 1 aromatic heterocycles. The van der Waals surface area contributed by atoms with Gasteiger partial charge in [-0.15, -0.1) is 0 Å². The van der Waals surface area contributed by atoms with Gasteiger partial charge in [0.25, 0.3) is 0 Å². The molecule has 2 N–H and O–H groups in total. The summed E-state index contributed by atoms with van der Waals surface area (Å²) in [5, 5.41) is 12.3.